The largest absolute Gasteiger partial charge is 0.394 e. The van der Waals surface area contributed by atoms with Crippen molar-refractivity contribution in [2.24, 2.45) is 0 Å². The lowest BCUT2D eigenvalue weighted by atomic mass is 10.0. The van der Waals surface area contributed by atoms with Crippen molar-refractivity contribution in [1.29, 1.82) is 0 Å². The Morgan fingerprint density at radius 1 is 0.522 bits per heavy atom. The molecular weight excluding hydrogens is 570 g/mol. The highest BCUT2D eigenvalue weighted by Crippen LogP contribution is 2.15. The zero-order valence-electron chi connectivity index (χ0n) is 31.0. The van der Waals surface area contributed by atoms with Crippen molar-refractivity contribution >= 4 is 5.91 Å². The van der Waals surface area contributed by atoms with Crippen molar-refractivity contribution in [3.05, 3.63) is 12.2 Å². The summed E-state index contributed by atoms with van der Waals surface area (Å²) in [6.07, 6.45) is 41.7. The zero-order valence-corrected chi connectivity index (χ0v) is 31.0. The number of aliphatic hydroxyl groups excluding tert-OH is 3. The average molecular weight is 652 g/mol. The molecule has 0 rings (SSSR count). The second-order valence-electron chi connectivity index (χ2n) is 14.2. The third kappa shape index (κ3) is 31.7. The summed E-state index contributed by atoms with van der Waals surface area (Å²) < 4.78 is 0. The van der Waals surface area contributed by atoms with Gasteiger partial charge in [0.25, 0.3) is 0 Å². The maximum Gasteiger partial charge on any atom is 0.220 e. The minimum atomic E-state index is -1.15. The predicted molar refractivity (Wildman–Crippen MR) is 199 cm³/mol. The molecule has 0 fully saturated rings. The molecule has 0 radical (unpaired) electrons. The minimum absolute atomic E-state index is 0.154. The fraction of sp³-hybridized carbons (Fsp3) is 0.927. The highest BCUT2D eigenvalue weighted by Gasteiger charge is 2.26. The van der Waals surface area contributed by atoms with Crippen molar-refractivity contribution in [3.63, 3.8) is 0 Å². The van der Waals surface area contributed by atoms with Crippen LogP contribution in [0.15, 0.2) is 12.2 Å². The number of rotatable bonds is 37. The van der Waals surface area contributed by atoms with Crippen molar-refractivity contribution in [3.8, 4) is 0 Å². The molecule has 0 heterocycles. The fourth-order valence-electron chi connectivity index (χ4n) is 6.40. The van der Waals surface area contributed by atoms with Crippen molar-refractivity contribution in [1.82, 2.24) is 5.32 Å². The second-order valence-corrected chi connectivity index (χ2v) is 14.2. The van der Waals surface area contributed by atoms with E-state index >= 15 is 0 Å². The van der Waals surface area contributed by atoms with Crippen molar-refractivity contribution in [2.45, 2.75) is 238 Å². The van der Waals surface area contributed by atoms with Gasteiger partial charge in [0.2, 0.25) is 5.91 Å². The number of hydrogen-bond donors (Lipinski definition) is 4. The van der Waals surface area contributed by atoms with Gasteiger partial charge in [0.05, 0.1) is 18.8 Å². The minimum Gasteiger partial charge on any atom is -0.394 e. The molecule has 0 aromatic heterocycles. The van der Waals surface area contributed by atoms with E-state index in [1.54, 1.807) is 0 Å². The van der Waals surface area contributed by atoms with Gasteiger partial charge in [-0.1, -0.05) is 187 Å². The van der Waals surface area contributed by atoms with Crippen LogP contribution in [-0.4, -0.2) is 46.1 Å². The average Bonchev–Trinajstić information content (AvgIpc) is 3.06. The topological polar surface area (TPSA) is 89.8 Å². The molecule has 0 spiro atoms. The number of unbranched alkanes of at least 4 members (excludes halogenated alkanes) is 27. The Hall–Kier alpha value is -0.910. The Balaban J connectivity index is 3.65. The second kappa shape index (κ2) is 36.9. The smallest absolute Gasteiger partial charge is 0.220 e. The van der Waals surface area contributed by atoms with E-state index < -0.39 is 18.2 Å². The zero-order chi connectivity index (χ0) is 33.8. The molecule has 274 valence electrons. The molecule has 46 heavy (non-hydrogen) atoms. The van der Waals surface area contributed by atoms with Gasteiger partial charge in [-0.15, -0.1) is 0 Å². The number of carbonyl (C=O) groups excluding carboxylic acids is 1. The number of amides is 1. The molecule has 0 aromatic rings. The van der Waals surface area contributed by atoms with Crippen molar-refractivity contribution < 1.29 is 20.1 Å². The summed E-state index contributed by atoms with van der Waals surface area (Å²) in [5.41, 5.74) is 0. The number of nitrogens with one attached hydrogen (secondary N) is 1. The molecule has 0 aliphatic heterocycles. The lowest BCUT2D eigenvalue weighted by molar-refractivity contribution is -0.124. The number of hydrogen-bond acceptors (Lipinski definition) is 4. The van der Waals surface area contributed by atoms with Gasteiger partial charge in [-0.05, 0) is 38.5 Å². The van der Waals surface area contributed by atoms with E-state index in [1.165, 1.54) is 154 Å². The van der Waals surface area contributed by atoms with E-state index in [2.05, 4.69) is 31.3 Å². The summed E-state index contributed by atoms with van der Waals surface area (Å²) in [6.45, 7) is 4.16. The molecule has 4 N–H and O–H groups in total. The van der Waals surface area contributed by atoms with Crippen LogP contribution in [0.1, 0.15) is 219 Å². The monoisotopic (exact) mass is 652 g/mol. The molecule has 3 atom stereocenters. The molecule has 0 aromatic carbocycles. The Labute approximate surface area is 287 Å². The van der Waals surface area contributed by atoms with E-state index in [1.807, 2.05) is 0 Å². The standard InChI is InChI=1S/C41H81NO4/c1-3-5-7-9-11-13-15-17-18-19-20-21-22-23-24-25-27-29-31-33-35-39(44)41(46)38(37-43)42-40(45)36-34-32-30-28-26-16-14-12-10-8-6-4-2/h27,29,38-39,41,43-44,46H,3-26,28,30-37H2,1-2H3,(H,42,45)/b29-27+. The summed E-state index contributed by atoms with van der Waals surface area (Å²) in [5, 5.41) is 33.4. The quantitative estimate of drug-likeness (QED) is 0.0397. The molecule has 0 saturated heterocycles. The van der Waals surface area contributed by atoms with E-state index in [0.29, 0.717) is 12.8 Å². The van der Waals surface area contributed by atoms with E-state index in [0.717, 1.165) is 38.5 Å². The maximum absolute atomic E-state index is 12.3. The molecule has 0 aliphatic rings. The Morgan fingerprint density at radius 2 is 0.870 bits per heavy atom. The Morgan fingerprint density at radius 3 is 1.26 bits per heavy atom. The first-order valence-corrected chi connectivity index (χ1v) is 20.5. The van der Waals surface area contributed by atoms with Gasteiger partial charge in [-0.25, -0.2) is 0 Å². The van der Waals surface area contributed by atoms with Crippen LogP contribution in [-0.2, 0) is 4.79 Å². The van der Waals surface area contributed by atoms with Crippen LogP contribution in [0, 0.1) is 0 Å². The molecule has 5 nitrogen and oxygen atoms in total. The molecule has 5 heteroatoms. The highest BCUT2D eigenvalue weighted by atomic mass is 16.3. The van der Waals surface area contributed by atoms with Crippen LogP contribution in [0.25, 0.3) is 0 Å². The molecule has 0 bridgehead atoms. The van der Waals surface area contributed by atoms with Gasteiger partial charge >= 0.3 is 0 Å². The van der Waals surface area contributed by atoms with Gasteiger partial charge in [0, 0.05) is 6.42 Å². The summed E-state index contributed by atoms with van der Waals surface area (Å²) in [7, 11) is 0. The van der Waals surface area contributed by atoms with Crippen LogP contribution in [0.4, 0.5) is 0 Å². The molecule has 1 amide bonds. The number of aliphatic hydroxyl groups is 3. The summed E-state index contributed by atoms with van der Waals surface area (Å²) in [5.74, 6) is -0.154. The molecular formula is C41H81NO4. The van der Waals surface area contributed by atoms with Gasteiger partial charge < -0.3 is 20.6 Å². The van der Waals surface area contributed by atoms with Crippen molar-refractivity contribution in [2.75, 3.05) is 6.61 Å². The summed E-state index contributed by atoms with van der Waals surface area (Å²) in [6, 6.07) is -0.819. The number of allylic oxidation sites excluding steroid dienone is 2. The van der Waals surface area contributed by atoms with Crippen LogP contribution >= 0.6 is 0 Å². The van der Waals surface area contributed by atoms with Gasteiger partial charge in [-0.3, -0.25) is 4.79 Å². The number of carbonyl (C=O) groups is 1. The summed E-state index contributed by atoms with van der Waals surface area (Å²) in [4.78, 5) is 12.3. The molecule has 3 unspecified atom stereocenters. The maximum atomic E-state index is 12.3. The van der Waals surface area contributed by atoms with Gasteiger partial charge in [0.1, 0.15) is 6.10 Å². The molecule has 0 aliphatic carbocycles. The van der Waals surface area contributed by atoms with Crippen LogP contribution in [0.5, 0.6) is 0 Å². The molecule has 0 saturated carbocycles. The normalized spacial score (nSPS) is 13.8. The van der Waals surface area contributed by atoms with Crippen LogP contribution < -0.4 is 5.32 Å². The van der Waals surface area contributed by atoms with Gasteiger partial charge in [0.15, 0.2) is 0 Å². The van der Waals surface area contributed by atoms with Gasteiger partial charge in [-0.2, -0.15) is 0 Å². The van der Waals surface area contributed by atoms with E-state index in [9.17, 15) is 20.1 Å². The third-order valence-electron chi connectivity index (χ3n) is 9.62. The van der Waals surface area contributed by atoms with E-state index in [-0.39, 0.29) is 12.5 Å². The first kappa shape index (κ1) is 45.1. The first-order chi connectivity index (χ1) is 22.6. The lowest BCUT2D eigenvalue weighted by Gasteiger charge is -2.26. The van der Waals surface area contributed by atoms with E-state index in [4.69, 9.17) is 0 Å². The van der Waals surface area contributed by atoms with Crippen LogP contribution in [0.3, 0.4) is 0 Å². The SMILES string of the molecule is CCCCCCCCCCCCCCCCC/C=C/CCCC(O)C(O)C(CO)NC(=O)CCCCCCCCCCCCCC. The Bertz CT molecular complexity index is 640. The predicted octanol–water partition coefficient (Wildman–Crippen LogP) is 11.3. The third-order valence-corrected chi connectivity index (χ3v) is 9.62. The Kier molecular flexibility index (Phi) is 36.2. The first-order valence-electron chi connectivity index (χ1n) is 20.5. The summed E-state index contributed by atoms with van der Waals surface area (Å²) >= 11 is 0. The van der Waals surface area contributed by atoms with Crippen LogP contribution in [0.2, 0.25) is 0 Å². The highest BCUT2D eigenvalue weighted by molar-refractivity contribution is 5.76. The fourth-order valence-corrected chi connectivity index (χ4v) is 6.40. The lowest BCUT2D eigenvalue weighted by Crippen LogP contribution is -2.50.